The summed E-state index contributed by atoms with van der Waals surface area (Å²) in [6, 6.07) is 8.02. The molecule has 1 heterocycles. The van der Waals surface area contributed by atoms with Crippen LogP contribution < -0.4 is 10.2 Å². The fourth-order valence-electron chi connectivity index (χ4n) is 3.33. The number of nitrogens with one attached hydrogen (secondary N) is 1. The van der Waals surface area contributed by atoms with Gasteiger partial charge in [-0.25, -0.2) is 5.48 Å². The van der Waals surface area contributed by atoms with Gasteiger partial charge in [0.2, 0.25) is 11.8 Å². The molecule has 1 aliphatic heterocycles. The SMILES string of the molecule is CC(C)C[C@H](CC(=O)NO)C(=O)N1CCCCC1.COc1ccc(SN(C)C)cc1. The van der Waals surface area contributed by atoms with Gasteiger partial charge in [0, 0.05) is 30.3 Å². The minimum absolute atomic E-state index is 0.0620. The van der Waals surface area contributed by atoms with E-state index >= 15 is 0 Å². The number of likely N-dealkylation sites (tertiary alicyclic amines) is 1. The van der Waals surface area contributed by atoms with E-state index in [0.29, 0.717) is 12.3 Å². The van der Waals surface area contributed by atoms with E-state index in [4.69, 9.17) is 9.94 Å². The third-order valence-corrected chi connectivity index (χ3v) is 5.52. The normalized spacial score (nSPS) is 14.7. The molecule has 170 valence electrons. The monoisotopic (exact) mass is 439 g/mol. The molecule has 1 saturated heterocycles. The van der Waals surface area contributed by atoms with E-state index in [1.54, 1.807) is 24.5 Å². The van der Waals surface area contributed by atoms with Gasteiger partial charge in [-0.05, 0) is 81.9 Å². The van der Waals surface area contributed by atoms with Crippen LogP contribution in [0.1, 0.15) is 46.0 Å². The Morgan fingerprint density at radius 2 is 1.77 bits per heavy atom. The highest BCUT2D eigenvalue weighted by atomic mass is 32.2. The van der Waals surface area contributed by atoms with Crippen molar-refractivity contribution in [2.24, 2.45) is 11.8 Å². The van der Waals surface area contributed by atoms with E-state index < -0.39 is 5.91 Å². The summed E-state index contributed by atoms with van der Waals surface area (Å²) >= 11 is 1.70. The van der Waals surface area contributed by atoms with Crippen LogP contribution in [0.25, 0.3) is 0 Å². The number of hydrogen-bond donors (Lipinski definition) is 2. The molecule has 2 N–H and O–H groups in total. The standard InChI is InChI=1S/C13H24N2O3.C9H13NOS/c1-10(2)8-11(9-12(16)14-18)13(17)15-6-4-3-5-7-15;1-10(2)12-9-6-4-8(11-3)5-7-9/h10-11,18H,3-9H2,1-2H3,(H,14,16);4-7H,1-3H3/t11-;/m1./s1. The number of ether oxygens (including phenoxy) is 1. The fourth-order valence-corrected chi connectivity index (χ4v) is 4.01. The van der Waals surface area contributed by atoms with Gasteiger partial charge < -0.3 is 9.64 Å². The minimum Gasteiger partial charge on any atom is -0.497 e. The van der Waals surface area contributed by atoms with Crippen molar-refractivity contribution in [3.05, 3.63) is 24.3 Å². The number of hydroxylamine groups is 1. The number of piperidine rings is 1. The first kappa shape index (κ1) is 26.3. The van der Waals surface area contributed by atoms with Crippen molar-refractivity contribution in [1.29, 1.82) is 0 Å². The Bertz CT molecular complexity index is 632. The molecule has 2 amide bonds. The van der Waals surface area contributed by atoms with Crippen molar-refractivity contribution in [2.45, 2.75) is 50.8 Å². The summed E-state index contributed by atoms with van der Waals surface area (Å²) in [5.41, 5.74) is 1.62. The average Bonchev–Trinajstić information content (AvgIpc) is 2.73. The number of carbonyl (C=O) groups is 2. The summed E-state index contributed by atoms with van der Waals surface area (Å²) in [5.74, 6) is 0.529. The second-order valence-electron chi connectivity index (χ2n) is 8.03. The molecule has 0 aliphatic carbocycles. The van der Waals surface area contributed by atoms with Crippen molar-refractivity contribution in [2.75, 3.05) is 34.3 Å². The zero-order valence-electron chi connectivity index (χ0n) is 18.9. The number of hydrogen-bond acceptors (Lipinski definition) is 6. The highest BCUT2D eigenvalue weighted by Crippen LogP contribution is 2.22. The number of amides is 2. The lowest BCUT2D eigenvalue weighted by Gasteiger charge is -2.30. The van der Waals surface area contributed by atoms with Gasteiger partial charge in [-0.15, -0.1) is 0 Å². The molecule has 0 bridgehead atoms. The van der Waals surface area contributed by atoms with Gasteiger partial charge in [-0.1, -0.05) is 13.8 Å². The average molecular weight is 440 g/mol. The number of carbonyl (C=O) groups excluding carboxylic acids is 2. The van der Waals surface area contributed by atoms with Crippen LogP contribution in [0.5, 0.6) is 5.75 Å². The van der Waals surface area contributed by atoms with E-state index in [9.17, 15) is 9.59 Å². The topological polar surface area (TPSA) is 82.1 Å². The molecular weight excluding hydrogens is 402 g/mol. The van der Waals surface area contributed by atoms with E-state index in [-0.39, 0.29) is 18.2 Å². The Morgan fingerprint density at radius 1 is 1.17 bits per heavy atom. The van der Waals surface area contributed by atoms with Crippen LogP contribution >= 0.6 is 11.9 Å². The molecule has 1 fully saturated rings. The van der Waals surface area contributed by atoms with Crippen LogP contribution in [0.3, 0.4) is 0 Å². The van der Waals surface area contributed by atoms with Crippen LogP contribution in [0.4, 0.5) is 0 Å². The molecular formula is C22H37N3O4S. The van der Waals surface area contributed by atoms with Crippen LogP contribution in [0.2, 0.25) is 0 Å². The number of benzene rings is 1. The highest BCUT2D eigenvalue weighted by Gasteiger charge is 2.28. The molecule has 30 heavy (non-hydrogen) atoms. The molecule has 0 unspecified atom stereocenters. The lowest BCUT2D eigenvalue weighted by atomic mass is 9.92. The molecule has 7 nitrogen and oxygen atoms in total. The molecule has 0 aromatic heterocycles. The van der Waals surface area contributed by atoms with Gasteiger partial charge in [-0.2, -0.15) is 0 Å². The molecule has 1 aromatic rings. The minimum atomic E-state index is -0.481. The van der Waals surface area contributed by atoms with E-state index in [1.807, 2.05) is 57.1 Å². The molecule has 1 atom stereocenters. The van der Waals surface area contributed by atoms with Crippen LogP contribution in [-0.4, -0.2) is 60.5 Å². The van der Waals surface area contributed by atoms with Gasteiger partial charge in [0.15, 0.2) is 0 Å². The molecule has 0 radical (unpaired) electrons. The zero-order chi connectivity index (χ0) is 22.5. The maximum absolute atomic E-state index is 12.3. The second-order valence-corrected chi connectivity index (χ2v) is 9.41. The highest BCUT2D eigenvalue weighted by molar-refractivity contribution is 7.97. The zero-order valence-corrected chi connectivity index (χ0v) is 19.7. The fraction of sp³-hybridized carbons (Fsp3) is 0.636. The van der Waals surface area contributed by atoms with E-state index in [2.05, 4.69) is 4.31 Å². The first-order valence-electron chi connectivity index (χ1n) is 10.5. The van der Waals surface area contributed by atoms with Gasteiger partial charge in [0.25, 0.3) is 0 Å². The molecule has 1 aliphatic rings. The van der Waals surface area contributed by atoms with Crippen molar-refractivity contribution in [1.82, 2.24) is 14.7 Å². The lowest BCUT2D eigenvalue weighted by molar-refractivity contribution is -0.141. The molecule has 0 spiro atoms. The van der Waals surface area contributed by atoms with Crippen molar-refractivity contribution >= 4 is 23.8 Å². The maximum Gasteiger partial charge on any atom is 0.244 e. The van der Waals surface area contributed by atoms with E-state index in [1.165, 1.54) is 11.3 Å². The second kappa shape index (κ2) is 14.3. The third-order valence-electron chi connectivity index (χ3n) is 4.68. The molecule has 2 rings (SSSR count). The molecule has 8 heteroatoms. The van der Waals surface area contributed by atoms with Gasteiger partial charge >= 0.3 is 0 Å². The number of nitrogens with zero attached hydrogens (tertiary/aromatic N) is 2. The van der Waals surface area contributed by atoms with E-state index in [0.717, 1.165) is 31.7 Å². The Morgan fingerprint density at radius 3 is 2.23 bits per heavy atom. The first-order valence-corrected chi connectivity index (χ1v) is 11.2. The van der Waals surface area contributed by atoms with Gasteiger partial charge in [-0.3, -0.25) is 19.1 Å². The number of methoxy groups -OCH3 is 1. The summed E-state index contributed by atoms with van der Waals surface area (Å²) in [5, 5.41) is 8.59. The smallest absolute Gasteiger partial charge is 0.244 e. The summed E-state index contributed by atoms with van der Waals surface area (Å²) in [4.78, 5) is 26.7. The van der Waals surface area contributed by atoms with Crippen molar-refractivity contribution in [3.8, 4) is 5.75 Å². The Balaban J connectivity index is 0.000000325. The summed E-state index contributed by atoms with van der Waals surface area (Å²) in [6.45, 7) is 5.67. The van der Waals surface area contributed by atoms with Gasteiger partial charge in [0.05, 0.1) is 7.11 Å². The summed E-state index contributed by atoms with van der Waals surface area (Å²) in [7, 11) is 5.72. The lowest BCUT2D eigenvalue weighted by Crippen LogP contribution is -2.41. The molecule has 0 saturated carbocycles. The van der Waals surface area contributed by atoms with Crippen molar-refractivity contribution in [3.63, 3.8) is 0 Å². The Hall–Kier alpha value is -1.77. The van der Waals surface area contributed by atoms with Crippen LogP contribution in [0, 0.1) is 11.8 Å². The van der Waals surface area contributed by atoms with Crippen LogP contribution in [-0.2, 0) is 9.59 Å². The third kappa shape index (κ3) is 10.3. The largest absolute Gasteiger partial charge is 0.497 e. The molecule has 1 aromatic carbocycles. The predicted molar refractivity (Wildman–Crippen MR) is 120 cm³/mol. The van der Waals surface area contributed by atoms with Crippen LogP contribution in [0.15, 0.2) is 29.2 Å². The quantitative estimate of drug-likeness (QED) is 0.364. The predicted octanol–water partition coefficient (Wildman–Crippen LogP) is 3.82. The first-order chi connectivity index (χ1) is 14.3. The summed E-state index contributed by atoms with van der Waals surface area (Å²) in [6.07, 6.45) is 4.03. The number of rotatable bonds is 8. The van der Waals surface area contributed by atoms with Gasteiger partial charge in [0.1, 0.15) is 5.75 Å². The Kier molecular flexibility index (Phi) is 12.5. The Labute approximate surface area is 185 Å². The maximum atomic E-state index is 12.3. The van der Waals surface area contributed by atoms with Crippen molar-refractivity contribution < 1.29 is 19.5 Å². The summed E-state index contributed by atoms with van der Waals surface area (Å²) < 4.78 is 7.11.